The van der Waals surface area contributed by atoms with E-state index in [4.69, 9.17) is 16.6 Å². The summed E-state index contributed by atoms with van der Waals surface area (Å²) >= 11 is 6.31. The van der Waals surface area contributed by atoms with Crippen LogP contribution in [0.4, 0.5) is 9.18 Å². The van der Waals surface area contributed by atoms with Gasteiger partial charge >= 0.3 is 6.09 Å². The third-order valence-corrected chi connectivity index (χ3v) is 6.42. The number of fused-ring (bicyclic) bond motifs is 1. The van der Waals surface area contributed by atoms with Gasteiger partial charge < -0.3 is 10.4 Å². The smallest absolute Gasteiger partial charge is 0.405 e. The highest BCUT2D eigenvalue weighted by Crippen LogP contribution is 2.42. The fourth-order valence-corrected chi connectivity index (χ4v) is 4.51. The van der Waals surface area contributed by atoms with Crippen molar-refractivity contribution >= 4 is 28.6 Å². The molecule has 1 amide bonds. The topological polar surface area (TPSA) is 75.1 Å². The molecule has 0 unspecified atom stereocenters. The Kier molecular flexibility index (Phi) is 5.02. The lowest BCUT2D eigenvalue weighted by atomic mass is 9.71. The quantitative estimate of drug-likeness (QED) is 0.355. The molecule has 5 nitrogen and oxygen atoms in total. The summed E-state index contributed by atoms with van der Waals surface area (Å²) < 4.78 is 13.5. The zero-order chi connectivity index (χ0) is 22.3. The first-order chi connectivity index (χ1) is 15.4. The van der Waals surface area contributed by atoms with Crippen molar-refractivity contribution in [3.63, 3.8) is 0 Å². The van der Waals surface area contributed by atoms with Gasteiger partial charge in [-0.2, -0.15) is 0 Å². The molecule has 0 saturated heterocycles. The van der Waals surface area contributed by atoms with E-state index in [0.29, 0.717) is 16.1 Å². The molecule has 32 heavy (non-hydrogen) atoms. The molecule has 0 bridgehead atoms. The fraction of sp³-hybridized carbons (Fsp3) is 0.160. The molecule has 2 N–H and O–H groups in total. The Labute approximate surface area is 188 Å². The van der Waals surface area contributed by atoms with Crippen LogP contribution in [-0.2, 0) is 5.54 Å². The van der Waals surface area contributed by atoms with Gasteiger partial charge in [0.25, 0.3) is 0 Å². The fourth-order valence-electron chi connectivity index (χ4n) is 4.30. The van der Waals surface area contributed by atoms with Gasteiger partial charge in [-0.05, 0) is 54.7 Å². The van der Waals surface area contributed by atoms with Crippen molar-refractivity contribution in [2.45, 2.75) is 24.8 Å². The number of aromatic nitrogens is 2. The van der Waals surface area contributed by atoms with Crippen molar-refractivity contribution in [1.29, 1.82) is 0 Å². The van der Waals surface area contributed by atoms with Gasteiger partial charge in [0.2, 0.25) is 0 Å². The molecule has 1 fully saturated rings. The third kappa shape index (κ3) is 3.56. The predicted molar refractivity (Wildman–Crippen MR) is 122 cm³/mol. The molecule has 2 aromatic heterocycles. The molecule has 0 radical (unpaired) electrons. The maximum Gasteiger partial charge on any atom is 0.405 e. The van der Waals surface area contributed by atoms with Crippen molar-refractivity contribution in [2.75, 3.05) is 0 Å². The Morgan fingerprint density at radius 1 is 1.03 bits per heavy atom. The Hall–Kier alpha value is -3.51. The molecule has 0 aliphatic heterocycles. The number of carbonyl (C=O) groups is 1. The molecule has 2 heterocycles. The van der Waals surface area contributed by atoms with Gasteiger partial charge in [0.15, 0.2) is 0 Å². The third-order valence-electron chi connectivity index (χ3n) is 6.11. The van der Waals surface area contributed by atoms with Crippen LogP contribution in [0.3, 0.4) is 0 Å². The van der Waals surface area contributed by atoms with Crippen LogP contribution < -0.4 is 5.32 Å². The van der Waals surface area contributed by atoms with E-state index in [0.717, 1.165) is 47.2 Å². The van der Waals surface area contributed by atoms with Crippen LogP contribution in [-0.4, -0.2) is 21.2 Å². The average molecular weight is 448 g/mol. The standard InChI is InChI=1S/C25H19ClFN3O2/c26-23-20-14-19(15-4-8-18(27)9-5-15)22(29-21(20)10-13-28-23)16-2-6-17(7-3-16)25(11-1-12-25)30-24(31)32/h2-10,13-14,30H,1,11-12H2,(H,31,32). The van der Waals surface area contributed by atoms with Crippen LogP contribution in [0.15, 0.2) is 66.9 Å². The van der Waals surface area contributed by atoms with Crippen molar-refractivity contribution in [3.8, 4) is 22.4 Å². The summed E-state index contributed by atoms with van der Waals surface area (Å²) in [5.41, 5.74) is 4.33. The van der Waals surface area contributed by atoms with E-state index < -0.39 is 11.6 Å². The van der Waals surface area contributed by atoms with Crippen LogP contribution in [0.25, 0.3) is 33.3 Å². The molecular weight excluding hydrogens is 429 g/mol. The SMILES string of the molecule is O=C(O)NC1(c2ccc(-c3nc4ccnc(Cl)c4cc3-c3ccc(F)cc3)cc2)CCC1. The van der Waals surface area contributed by atoms with E-state index in [9.17, 15) is 14.3 Å². The second-order valence-corrected chi connectivity index (χ2v) is 8.36. The number of pyridine rings is 2. The van der Waals surface area contributed by atoms with Gasteiger partial charge in [0.05, 0.1) is 16.7 Å². The highest BCUT2D eigenvalue weighted by Gasteiger charge is 2.40. The number of nitrogens with zero attached hydrogens (tertiary/aromatic N) is 2. The predicted octanol–water partition coefficient (Wildman–Crippen LogP) is 6.40. The van der Waals surface area contributed by atoms with Gasteiger partial charge in [0, 0.05) is 22.7 Å². The minimum absolute atomic E-state index is 0.315. The molecule has 1 aliphatic rings. The first-order valence-electron chi connectivity index (χ1n) is 10.3. The monoisotopic (exact) mass is 447 g/mol. The minimum atomic E-state index is -1.02. The van der Waals surface area contributed by atoms with Crippen LogP contribution in [0.5, 0.6) is 0 Å². The molecule has 1 aliphatic carbocycles. The zero-order valence-corrected chi connectivity index (χ0v) is 17.7. The molecule has 0 atom stereocenters. The number of nitrogens with one attached hydrogen (secondary N) is 1. The Morgan fingerprint density at radius 2 is 1.72 bits per heavy atom. The number of rotatable bonds is 4. The summed E-state index contributed by atoms with van der Waals surface area (Å²) in [6, 6.07) is 17.8. The Balaban J connectivity index is 1.64. The van der Waals surface area contributed by atoms with Gasteiger partial charge in [0.1, 0.15) is 11.0 Å². The number of hydrogen-bond acceptors (Lipinski definition) is 3. The normalized spacial score (nSPS) is 14.7. The van der Waals surface area contributed by atoms with Gasteiger partial charge in [-0.3, -0.25) is 0 Å². The molecule has 1 saturated carbocycles. The lowest BCUT2D eigenvalue weighted by Gasteiger charge is -2.42. The number of carboxylic acid groups (broad SMARTS) is 1. The summed E-state index contributed by atoms with van der Waals surface area (Å²) in [7, 11) is 0. The highest BCUT2D eigenvalue weighted by molar-refractivity contribution is 6.34. The molecule has 2 aromatic carbocycles. The van der Waals surface area contributed by atoms with Crippen LogP contribution in [0.2, 0.25) is 5.15 Å². The summed E-state index contributed by atoms with van der Waals surface area (Å²) in [4.78, 5) is 20.3. The first kappa shape index (κ1) is 20.4. The van der Waals surface area contributed by atoms with E-state index >= 15 is 0 Å². The number of benzene rings is 2. The average Bonchev–Trinajstić information content (AvgIpc) is 2.76. The van der Waals surface area contributed by atoms with Crippen molar-refractivity contribution < 1.29 is 14.3 Å². The second kappa shape index (κ2) is 7.88. The second-order valence-electron chi connectivity index (χ2n) is 8.00. The summed E-state index contributed by atoms with van der Waals surface area (Å²) in [5, 5.41) is 13.0. The zero-order valence-electron chi connectivity index (χ0n) is 17.0. The molecule has 0 spiro atoms. The molecule has 160 valence electrons. The lowest BCUT2D eigenvalue weighted by Crippen LogP contribution is -2.50. The van der Waals surface area contributed by atoms with Crippen molar-refractivity contribution in [1.82, 2.24) is 15.3 Å². The van der Waals surface area contributed by atoms with Gasteiger partial charge in [-0.1, -0.05) is 48.0 Å². The van der Waals surface area contributed by atoms with Crippen LogP contribution in [0, 0.1) is 5.82 Å². The maximum absolute atomic E-state index is 13.5. The largest absolute Gasteiger partial charge is 0.465 e. The summed E-state index contributed by atoms with van der Waals surface area (Å²) in [5.74, 6) is -0.315. The van der Waals surface area contributed by atoms with Crippen LogP contribution >= 0.6 is 11.6 Å². The van der Waals surface area contributed by atoms with E-state index in [1.165, 1.54) is 12.1 Å². The maximum atomic E-state index is 13.5. The molecule has 5 rings (SSSR count). The van der Waals surface area contributed by atoms with E-state index in [-0.39, 0.29) is 5.82 Å². The molecule has 4 aromatic rings. The van der Waals surface area contributed by atoms with E-state index in [2.05, 4.69) is 10.3 Å². The lowest BCUT2D eigenvalue weighted by molar-refractivity contribution is 0.144. The number of halogens is 2. The first-order valence-corrected chi connectivity index (χ1v) is 10.7. The van der Waals surface area contributed by atoms with Crippen molar-refractivity contribution in [2.24, 2.45) is 0 Å². The molecule has 7 heteroatoms. The number of hydrogen-bond donors (Lipinski definition) is 2. The number of amides is 1. The van der Waals surface area contributed by atoms with Crippen LogP contribution in [0.1, 0.15) is 24.8 Å². The summed E-state index contributed by atoms with van der Waals surface area (Å²) in [6.45, 7) is 0. The van der Waals surface area contributed by atoms with E-state index in [1.54, 1.807) is 24.4 Å². The van der Waals surface area contributed by atoms with Gasteiger partial charge in [-0.15, -0.1) is 0 Å². The van der Waals surface area contributed by atoms with Crippen molar-refractivity contribution in [3.05, 3.63) is 83.4 Å². The highest BCUT2D eigenvalue weighted by atomic mass is 35.5. The Bertz CT molecular complexity index is 1320. The molecular formula is C25H19ClFN3O2. The Morgan fingerprint density at radius 3 is 2.34 bits per heavy atom. The summed E-state index contributed by atoms with van der Waals surface area (Å²) in [6.07, 6.45) is 3.13. The minimum Gasteiger partial charge on any atom is -0.465 e. The van der Waals surface area contributed by atoms with Gasteiger partial charge in [-0.25, -0.2) is 19.2 Å². The van der Waals surface area contributed by atoms with E-state index in [1.807, 2.05) is 30.3 Å².